The lowest BCUT2D eigenvalue weighted by Gasteiger charge is -2.37. The molecular formula is C16H29N3O5. The molecule has 2 heterocycles. The molecule has 0 aliphatic carbocycles. The summed E-state index contributed by atoms with van der Waals surface area (Å²) in [5.74, 6) is -0.0905. The van der Waals surface area contributed by atoms with E-state index < -0.39 is 5.60 Å². The molecule has 138 valence electrons. The van der Waals surface area contributed by atoms with Crippen LogP contribution >= 0.6 is 0 Å². The summed E-state index contributed by atoms with van der Waals surface area (Å²) in [6, 6.07) is -0.354. The van der Waals surface area contributed by atoms with Crippen LogP contribution in [0, 0.1) is 0 Å². The van der Waals surface area contributed by atoms with Crippen molar-refractivity contribution in [1.82, 2.24) is 15.1 Å². The molecule has 0 aromatic rings. The van der Waals surface area contributed by atoms with Gasteiger partial charge in [0, 0.05) is 32.6 Å². The lowest BCUT2D eigenvalue weighted by Crippen LogP contribution is -2.53. The third kappa shape index (κ3) is 5.76. The van der Waals surface area contributed by atoms with Crippen molar-refractivity contribution in [3.63, 3.8) is 0 Å². The number of amides is 2. The Bertz CT molecular complexity index is 435. The maximum Gasteiger partial charge on any atom is 0.290 e. The number of carbonyl (C=O) groups excluding carboxylic acids is 2. The number of rotatable bonds is 4. The quantitative estimate of drug-likeness (QED) is 0.603. The molecule has 2 aliphatic rings. The Labute approximate surface area is 142 Å². The third-order valence-electron chi connectivity index (χ3n) is 4.69. The van der Waals surface area contributed by atoms with E-state index in [0.29, 0.717) is 25.8 Å². The van der Waals surface area contributed by atoms with E-state index in [1.165, 1.54) is 0 Å². The van der Waals surface area contributed by atoms with Gasteiger partial charge in [0.25, 0.3) is 6.47 Å². The number of piperidine rings is 1. The number of aliphatic hydroxyl groups is 1. The smallest absolute Gasteiger partial charge is 0.290 e. The first-order valence-electron chi connectivity index (χ1n) is 8.43. The maximum absolute atomic E-state index is 12.3. The lowest BCUT2D eigenvalue weighted by molar-refractivity contribution is -0.138. The molecule has 0 aromatic heterocycles. The average molecular weight is 343 g/mol. The first-order chi connectivity index (χ1) is 11.4. The molecule has 1 atom stereocenters. The molecule has 8 nitrogen and oxygen atoms in total. The summed E-state index contributed by atoms with van der Waals surface area (Å²) in [6.45, 7) is 4.20. The number of nitrogens with one attached hydrogen (secondary N) is 1. The predicted octanol–water partition coefficient (Wildman–Crippen LogP) is -0.339. The predicted molar refractivity (Wildman–Crippen MR) is 88.4 cm³/mol. The number of hydrogen-bond acceptors (Lipinski definition) is 5. The first kappa shape index (κ1) is 20.4. The molecule has 0 unspecified atom stereocenters. The number of carbonyl (C=O) groups is 3. The normalized spacial score (nSPS) is 23.1. The van der Waals surface area contributed by atoms with Crippen molar-refractivity contribution in [2.24, 2.45) is 0 Å². The van der Waals surface area contributed by atoms with Gasteiger partial charge in [0.1, 0.15) is 6.04 Å². The van der Waals surface area contributed by atoms with Gasteiger partial charge in [0.15, 0.2) is 0 Å². The molecule has 0 bridgehead atoms. The van der Waals surface area contributed by atoms with Crippen molar-refractivity contribution in [3.05, 3.63) is 0 Å². The van der Waals surface area contributed by atoms with E-state index in [0.717, 1.165) is 25.9 Å². The Kier molecular flexibility index (Phi) is 8.14. The van der Waals surface area contributed by atoms with Crippen LogP contribution in [0.4, 0.5) is 0 Å². The number of nitrogens with zero attached hydrogens (tertiary/aromatic N) is 2. The van der Waals surface area contributed by atoms with Gasteiger partial charge in [-0.3, -0.25) is 14.4 Å². The average Bonchev–Trinajstić information content (AvgIpc) is 3.05. The highest BCUT2D eigenvalue weighted by Gasteiger charge is 2.36. The van der Waals surface area contributed by atoms with Crippen molar-refractivity contribution in [2.75, 3.05) is 33.2 Å². The van der Waals surface area contributed by atoms with Gasteiger partial charge in [-0.2, -0.15) is 0 Å². The second-order valence-electron chi connectivity index (χ2n) is 6.45. The zero-order valence-corrected chi connectivity index (χ0v) is 14.5. The second-order valence-corrected chi connectivity index (χ2v) is 6.45. The largest absolute Gasteiger partial charge is 0.483 e. The summed E-state index contributed by atoms with van der Waals surface area (Å²) < 4.78 is 0. The van der Waals surface area contributed by atoms with Crippen molar-refractivity contribution in [3.8, 4) is 0 Å². The summed E-state index contributed by atoms with van der Waals surface area (Å²) >= 11 is 0. The van der Waals surface area contributed by atoms with Crippen LogP contribution < -0.4 is 5.32 Å². The lowest BCUT2D eigenvalue weighted by atomic mass is 9.91. The fourth-order valence-corrected chi connectivity index (χ4v) is 3.12. The molecule has 0 aromatic carbocycles. The fraction of sp³-hybridized carbons (Fsp3) is 0.812. The van der Waals surface area contributed by atoms with Gasteiger partial charge in [-0.25, -0.2) is 0 Å². The van der Waals surface area contributed by atoms with E-state index in [9.17, 15) is 14.7 Å². The van der Waals surface area contributed by atoms with Crippen LogP contribution in [0.15, 0.2) is 0 Å². The molecule has 0 radical (unpaired) electrons. The molecule has 2 amide bonds. The second kappa shape index (κ2) is 9.58. The molecule has 0 saturated carbocycles. The zero-order valence-electron chi connectivity index (χ0n) is 14.5. The van der Waals surface area contributed by atoms with E-state index in [1.807, 2.05) is 14.0 Å². The SMILES string of the molecule is CCC(=O)N1CCC[C@H]1C(=O)NCC1(O)CCN(C)CC1.O=CO. The minimum absolute atomic E-state index is 0.0330. The Balaban J connectivity index is 0.000000891. The molecule has 3 N–H and O–H groups in total. The summed E-state index contributed by atoms with van der Waals surface area (Å²) in [7, 11) is 2.03. The molecular weight excluding hydrogens is 314 g/mol. The first-order valence-corrected chi connectivity index (χ1v) is 8.43. The van der Waals surface area contributed by atoms with Crippen molar-refractivity contribution < 1.29 is 24.6 Å². The fourth-order valence-electron chi connectivity index (χ4n) is 3.12. The Morgan fingerprint density at radius 2 is 1.88 bits per heavy atom. The van der Waals surface area contributed by atoms with Crippen LogP contribution in [-0.2, 0) is 14.4 Å². The zero-order chi connectivity index (χ0) is 18.2. The summed E-state index contributed by atoms with van der Waals surface area (Å²) in [4.78, 5) is 36.3. The van der Waals surface area contributed by atoms with Crippen LogP contribution in [0.3, 0.4) is 0 Å². The van der Waals surface area contributed by atoms with Gasteiger partial charge in [0.2, 0.25) is 11.8 Å². The molecule has 0 spiro atoms. The van der Waals surface area contributed by atoms with Gasteiger partial charge in [-0.05, 0) is 32.7 Å². The van der Waals surface area contributed by atoms with Crippen LogP contribution in [-0.4, -0.2) is 83.2 Å². The van der Waals surface area contributed by atoms with Gasteiger partial charge >= 0.3 is 0 Å². The summed E-state index contributed by atoms with van der Waals surface area (Å²) in [5.41, 5.74) is -0.805. The van der Waals surface area contributed by atoms with Crippen molar-refractivity contribution in [1.29, 1.82) is 0 Å². The topological polar surface area (TPSA) is 110 Å². The van der Waals surface area contributed by atoms with E-state index in [1.54, 1.807) is 4.90 Å². The Hall–Kier alpha value is -1.67. The number of carboxylic acid groups (broad SMARTS) is 1. The van der Waals surface area contributed by atoms with Crippen LogP contribution in [0.2, 0.25) is 0 Å². The van der Waals surface area contributed by atoms with Crippen LogP contribution in [0.1, 0.15) is 39.0 Å². The number of hydrogen-bond donors (Lipinski definition) is 3. The van der Waals surface area contributed by atoms with Gasteiger partial charge in [-0.1, -0.05) is 6.92 Å². The molecule has 24 heavy (non-hydrogen) atoms. The third-order valence-corrected chi connectivity index (χ3v) is 4.69. The van der Waals surface area contributed by atoms with E-state index in [4.69, 9.17) is 9.90 Å². The van der Waals surface area contributed by atoms with Gasteiger partial charge in [0.05, 0.1) is 5.60 Å². The standard InChI is InChI=1S/C15H27N3O3.CH2O2/c1-3-13(19)18-8-4-5-12(18)14(20)16-11-15(21)6-9-17(2)10-7-15;2-1-3/h12,21H,3-11H2,1-2H3,(H,16,20);1H,(H,2,3)/t12-;/m0./s1. The monoisotopic (exact) mass is 343 g/mol. The van der Waals surface area contributed by atoms with E-state index in [-0.39, 0.29) is 30.9 Å². The minimum Gasteiger partial charge on any atom is -0.483 e. The number of likely N-dealkylation sites (tertiary alicyclic amines) is 2. The molecule has 2 fully saturated rings. The van der Waals surface area contributed by atoms with E-state index in [2.05, 4.69) is 10.2 Å². The minimum atomic E-state index is -0.805. The van der Waals surface area contributed by atoms with Gasteiger partial charge < -0.3 is 25.3 Å². The van der Waals surface area contributed by atoms with Crippen LogP contribution in [0.5, 0.6) is 0 Å². The highest BCUT2D eigenvalue weighted by Crippen LogP contribution is 2.22. The Morgan fingerprint density at radius 1 is 1.29 bits per heavy atom. The molecule has 2 rings (SSSR count). The summed E-state index contributed by atoms with van der Waals surface area (Å²) in [6.07, 6.45) is 3.37. The van der Waals surface area contributed by atoms with Crippen molar-refractivity contribution >= 4 is 18.3 Å². The molecule has 2 saturated heterocycles. The van der Waals surface area contributed by atoms with Gasteiger partial charge in [-0.15, -0.1) is 0 Å². The van der Waals surface area contributed by atoms with Crippen LogP contribution in [0.25, 0.3) is 0 Å². The molecule has 2 aliphatic heterocycles. The summed E-state index contributed by atoms with van der Waals surface area (Å²) in [5, 5.41) is 20.2. The molecule has 8 heteroatoms. The maximum atomic E-state index is 12.3. The highest BCUT2D eigenvalue weighted by atomic mass is 16.3. The Morgan fingerprint density at radius 3 is 2.42 bits per heavy atom. The van der Waals surface area contributed by atoms with E-state index >= 15 is 0 Å². The highest BCUT2D eigenvalue weighted by molar-refractivity contribution is 5.88. The van der Waals surface area contributed by atoms with Crippen molar-refractivity contribution in [2.45, 2.75) is 50.7 Å².